The van der Waals surface area contributed by atoms with Gasteiger partial charge in [-0.25, -0.2) is 21.5 Å². The van der Waals surface area contributed by atoms with Crippen LogP contribution >= 0.6 is 23.2 Å². The Morgan fingerprint density at radius 1 is 0.850 bits per heavy atom. The molecule has 0 saturated carbocycles. The second kappa shape index (κ2) is 20.5. The fourth-order valence-corrected chi connectivity index (χ4v) is 7.62. The second-order valence-corrected chi connectivity index (χ2v) is 17.1. The fraction of sp³-hybridized carbons (Fsp3) is 0.211. The van der Waals surface area contributed by atoms with Crippen LogP contribution in [0.15, 0.2) is 98.9 Å². The number of amides is 2. The van der Waals surface area contributed by atoms with Gasteiger partial charge in [0.25, 0.3) is 11.8 Å². The van der Waals surface area contributed by atoms with E-state index in [0.29, 0.717) is 24.5 Å². The number of anilines is 3. The summed E-state index contributed by atoms with van der Waals surface area (Å²) < 4.78 is 71.6. The molecule has 2 amide bonds. The third-order valence-electron chi connectivity index (χ3n) is 8.57. The Kier molecular flexibility index (Phi) is 17.3. The molecule has 0 unspecified atom stereocenters. The predicted molar refractivity (Wildman–Crippen MR) is 216 cm³/mol. The number of aromatic nitrogens is 2. The summed E-state index contributed by atoms with van der Waals surface area (Å²) in [5.41, 5.74) is 0.0363. The fourth-order valence-electron chi connectivity index (χ4n) is 5.78. The SMILES string of the molecule is CCN(CC)c1ccc(N=Nc2c(C#N)c(C(C)(C)C)nn2-c2c(Cl)cc(NC(=O)c3cccc(S(=O)(=O)[O-])c3)cc2Cl)c(NC(=O)c2ccccc2S(=O)(=O)[O-])c1.[Na+].[Na+]. The van der Waals surface area contributed by atoms with Crippen molar-refractivity contribution in [3.8, 4) is 11.8 Å². The third-order valence-corrected chi connectivity index (χ3v) is 10.9. The first-order valence-electron chi connectivity index (χ1n) is 17.2. The van der Waals surface area contributed by atoms with Gasteiger partial charge in [-0.3, -0.25) is 9.59 Å². The van der Waals surface area contributed by atoms with Gasteiger partial charge in [-0.1, -0.05) is 62.2 Å². The van der Waals surface area contributed by atoms with Crippen molar-refractivity contribution >= 4 is 83.8 Å². The normalized spacial score (nSPS) is 11.6. The van der Waals surface area contributed by atoms with Gasteiger partial charge in [0.05, 0.1) is 36.8 Å². The van der Waals surface area contributed by atoms with E-state index < -0.39 is 47.3 Å². The minimum atomic E-state index is -5.01. The molecular formula is C38H34Cl2N8Na2O8S2. The number of hydrogen-bond donors (Lipinski definition) is 2. The van der Waals surface area contributed by atoms with Crippen molar-refractivity contribution in [2.24, 2.45) is 10.2 Å². The van der Waals surface area contributed by atoms with E-state index in [1.54, 1.807) is 18.2 Å². The first-order chi connectivity index (χ1) is 27.2. The van der Waals surface area contributed by atoms with E-state index in [9.17, 15) is 40.8 Å². The molecule has 1 heterocycles. The topological polar surface area (TPSA) is 242 Å². The average molecular weight is 912 g/mol. The van der Waals surface area contributed by atoms with E-state index in [4.69, 9.17) is 23.2 Å². The maximum atomic E-state index is 13.5. The number of azo groups is 1. The molecule has 0 saturated heterocycles. The van der Waals surface area contributed by atoms with Crippen LogP contribution in [0.2, 0.25) is 10.0 Å². The third kappa shape index (κ3) is 11.6. The maximum Gasteiger partial charge on any atom is 1.00 e. The van der Waals surface area contributed by atoms with Crippen LogP contribution in [0.25, 0.3) is 5.69 Å². The van der Waals surface area contributed by atoms with Crippen LogP contribution in [-0.4, -0.2) is 60.6 Å². The Bertz CT molecular complexity index is 2730. The van der Waals surface area contributed by atoms with Gasteiger partial charge in [0.15, 0.2) is 5.82 Å². The van der Waals surface area contributed by atoms with Gasteiger partial charge in [-0.05, 0) is 74.5 Å². The van der Waals surface area contributed by atoms with Crippen molar-refractivity contribution in [2.45, 2.75) is 49.8 Å². The van der Waals surface area contributed by atoms with Crippen LogP contribution in [0.3, 0.4) is 0 Å². The molecule has 0 bridgehead atoms. The quantitative estimate of drug-likeness (QED) is 0.104. The van der Waals surface area contributed by atoms with Crippen molar-refractivity contribution in [2.75, 3.05) is 28.6 Å². The zero-order valence-electron chi connectivity index (χ0n) is 33.4. The van der Waals surface area contributed by atoms with E-state index in [2.05, 4.69) is 32.0 Å². The number of benzene rings is 4. The largest absolute Gasteiger partial charge is 1.00 e. The summed E-state index contributed by atoms with van der Waals surface area (Å²) in [6, 6.07) is 19.2. The zero-order valence-corrected chi connectivity index (χ0v) is 40.6. The summed E-state index contributed by atoms with van der Waals surface area (Å²) in [7, 11) is -9.84. The smallest absolute Gasteiger partial charge is 0.744 e. The standard InChI is InChI=1S/C38H36Cl2N8O8S2.2Na/c1-6-47(7-2)24-15-16-30(31(20-24)43-37(50)26-13-8-9-14-32(26)58(54,55)56)44-45-35-27(21-41)34(38(3,4)5)46-48(35)33-28(39)18-23(19-29(33)40)42-36(49)22-11-10-12-25(17-22)57(51,52)53;;/h8-20H,6-7H2,1-5H3,(H,42,49)(H,43,50)(H,51,52,53)(H,54,55,56);;/q;2*+1/p-2. The molecule has 4 aromatic carbocycles. The monoisotopic (exact) mass is 910 g/mol. The number of halogens is 2. The molecule has 0 aliphatic heterocycles. The minimum absolute atomic E-state index is 0. The molecule has 0 aliphatic rings. The van der Waals surface area contributed by atoms with Crippen LogP contribution in [0.1, 0.15) is 66.6 Å². The van der Waals surface area contributed by atoms with Crippen LogP contribution < -0.4 is 74.6 Å². The van der Waals surface area contributed by atoms with E-state index in [-0.39, 0.29) is 114 Å². The van der Waals surface area contributed by atoms with E-state index in [0.717, 1.165) is 18.2 Å². The Labute approximate surface area is 401 Å². The summed E-state index contributed by atoms with van der Waals surface area (Å²) in [6.45, 7) is 10.5. The predicted octanol–water partition coefficient (Wildman–Crippen LogP) is 1.93. The average Bonchev–Trinajstić information content (AvgIpc) is 3.52. The first-order valence-corrected chi connectivity index (χ1v) is 20.8. The van der Waals surface area contributed by atoms with Gasteiger partial charge in [0.1, 0.15) is 43.2 Å². The van der Waals surface area contributed by atoms with Gasteiger partial charge in [0.2, 0.25) is 0 Å². The van der Waals surface area contributed by atoms with Gasteiger partial charge < -0.3 is 24.6 Å². The van der Waals surface area contributed by atoms with Crippen molar-refractivity contribution in [1.82, 2.24) is 9.78 Å². The molecule has 0 atom stereocenters. The molecule has 16 nitrogen and oxygen atoms in total. The van der Waals surface area contributed by atoms with Crippen LogP contribution in [0.4, 0.5) is 28.6 Å². The van der Waals surface area contributed by atoms with Gasteiger partial charge in [-0.15, -0.1) is 10.2 Å². The number of rotatable bonds is 12. The molecule has 0 radical (unpaired) electrons. The molecule has 0 fully saturated rings. The molecule has 2 N–H and O–H groups in total. The maximum absolute atomic E-state index is 13.5. The number of nitrogens with zero attached hydrogens (tertiary/aromatic N) is 6. The van der Waals surface area contributed by atoms with Crippen LogP contribution in [0.5, 0.6) is 0 Å². The Morgan fingerprint density at radius 3 is 2.05 bits per heavy atom. The molecular weight excluding hydrogens is 877 g/mol. The molecule has 302 valence electrons. The Balaban J connectivity index is 0.00000480. The first kappa shape index (κ1) is 50.7. The van der Waals surface area contributed by atoms with E-state index in [1.165, 1.54) is 47.1 Å². The van der Waals surface area contributed by atoms with Crippen molar-refractivity contribution < 1.29 is 94.6 Å². The van der Waals surface area contributed by atoms with E-state index >= 15 is 0 Å². The number of carbonyl (C=O) groups is 2. The van der Waals surface area contributed by atoms with Crippen molar-refractivity contribution in [1.29, 1.82) is 5.26 Å². The van der Waals surface area contributed by atoms with Gasteiger partial charge >= 0.3 is 59.1 Å². The molecule has 1 aromatic heterocycles. The second-order valence-electron chi connectivity index (χ2n) is 13.5. The number of nitriles is 1. The Hall–Kier alpha value is -3.68. The van der Waals surface area contributed by atoms with Crippen molar-refractivity contribution in [3.63, 3.8) is 0 Å². The summed E-state index contributed by atoms with van der Waals surface area (Å²) in [4.78, 5) is 27.2. The number of hydrogen-bond acceptors (Lipinski definition) is 13. The number of carbonyl (C=O) groups excluding carboxylic acids is 2. The number of nitrogens with one attached hydrogen (secondary N) is 2. The van der Waals surface area contributed by atoms with Crippen LogP contribution in [-0.2, 0) is 25.7 Å². The Morgan fingerprint density at radius 2 is 1.48 bits per heavy atom. The van der Waals surface area contributed by atoms with Crippen molar-refractivity contribution in [3.05, 3.63) is 111 Å². The van der Waals surface area contributed by atoms with E-state index in [1.807, 2.05) is 39.5 Å². The summed E-state index contributed by atoms with van der Waals surface area (Å²) in [6.07, 6.45) is 0. The molecule has 0 aliphatic carbocycles. The molecule has 22 heteroatoms. The van der Waals surface area contributed by atoms with Gasteiger partial charge in [0, 0.05) is 35.4 Å². The minimum Gasteiger partial charge on any atom is -0.744 e. The summed E-state index contributed by atoms with van der Waals surface area (Å²) in [5.74, 6) is -1.79. The molecule has 5 rings (SSSR count). The molecule has 5 aromatic rings. The van der Waals surface area contributed by atoms with Gasteiger partial charge in [-0.2, -0.15) is 10.4 Å². The summed E-state index contributed by atoms with van der Waals surface area (Å²) in [5, 5.41) is 29.0. The molecule has 60 heavy (non-hydrogen) atoms. The molecule has 0 spiro atoms. The zero-order chi connectivity index (χ0) is 42.7. The van der Waals surface area contributed by atoms with Crippen LogP contribution in [0, 0.1) is 11.3 Å². The summed E-state index contributed by atoms with van der Waals surface area (Å²) >= 11 is 13.5.